The van der Waals surface area contributed by atoms with Gasteiger partial charge in [-0.25, -0.2) is 13.2 Å². The van der Waals surface area contributed by atoms with Gasteiger partial charge in [0.05, 0.1) is 5.92 Å². The molecule has 1 fully saturated rings. The third-order valence-corrected chi connectivity index (χ3v) is 5.11. The van der Waals surface area contributed by atoms with Gasteiger partial charge in [-0.15, -0.1) is 0 Å². The number of likely N-dealkylation sites (tertiary alicyclic amines) is 1. The van der Waals surface area contributed by atoms with E-state index in [1.165, 1.54) is 0 Å². The summed E-state index contributed by atoms with van der Waals surface area (Å²) in [6.45, 7) is 2.53. The first-order valence-electron chi connectivity index (χ1n) is 9.16. The average molecular weight is 401 g/mol. The summed E-state index contributed by atoms with van der Waals surface area (Å²) in [4.78, 5) is 29.9. The number of carbonyl (C=O) groups excluding carboxylic acids is 2. The molecule has 0 radical (unpaired) electrons. The lowest BCUT2D eigenvalue weighted by molar-refractivity contribution is -0.119. The van der Waals surface area contributed by atoms with Crippen molar-refractivity contribution in [1.82, 2.24) is 9.88 Å². The van der Waals surface area contributed by atoms with Gasteiger partial charge in [0.1, 0.15) is 5.69 Å². The number of amides is 2. The summed E-state index contributed by atoms with van der Waals surface area (Å²) in [6, 6.07) is 9.06. The highest BCUT2D eigenvalue weighted by molar-refractivity contribution is 5.99. The van der Waals surface area contributed by atoms with E-state index in [-0.39, 0.29) is 18.1 Å². The molecule has 29 heavy (non-hydrogen) atoms. The molecular weight excluding hydrogens is 383 g/mol. The number of hydrogen-bond donors (Lipinski definition) is 2. The fourth-order valence-corrected chi connectivity index (χ4v) is 3.56. The normalized spacial score (nSPS) is 16.4. The van der Waals surface area contributed by atoms with Crippen molar-refractivity contribution in [2.45, 2.75) is 13.3 Å². The summed E-state index contributed by atoms with van der Waals surface area (Å²) in [6.07, 6.45) is 0.420. The number of carbonyl (C=O) groups is 2. The zero-order valence-electron chi connectivity index (χ0n) is 15.6. The van der Waals surface area contributed by atoms with Crippen LogP contribution in [0.5, 0.6) is 0 Å². The number of nitrogens with one attached hydrogen (secondary N) is 2. The average Bonchev–Trinajstić information content (AvgIpc) is 3.32. The van der Waals surface area contributed by atoms with E-state index in [1.54, 1.807) is 11.0 Å². The Balaban J connectivity index is 1.43. The number of hydrogen-bond acceptors (Lipinski definition) is 2. The largest absolute Gasteiger partial charge is 0.351 e. The standard InChI is InChI=1S/C21H18F3N3O2/c1-11-2-3-12-7-18(26-17(12)6-11)21(29)27-5-4-13(10-27)20(28)25-14-8-15(22)19(24)16(23)9-14/h2-3,6-9,13,26H,4-5,10H2,1H3,(H,25,28)/t13-/m0/s1. The van der Waals surface area contributed by atoms with E-state index in [4.69, 9.17) is 0 Å². The predicted molar refractivity (Wildman–Crippen MR) is 102 cm³/mol. The molecule has 150 valence electrons. The number of aryl methyl sites for hydroxylation is 1. The third kappa shape index (κ3) is 3.70. The number of rotatable bonds is 3. The third-order valence-electron chi connectivity index (χ3n) is 5.11. The monoisotopic (exact) mass is 401 g/mol. The zero-order chi connectivity index (χ0) is 20.7. The summed E-state index contributed by atoms with van der Waals surface area (Å²) in [7, 11) is 0. The lowest BCUT2D eigenvalue weighted by Crippen LogP contribution is -2.31. The molecule has 1 atom stereocenters. The van der Waals surface area contributed by atoms with Crippen molar-refractivity contribution in [3.8, 4) is 0 Å². The number of aromatic amines is 1. The highest BCUT2D eigenvalue weighted by Crippen LogP contribution is 2.24. The summed E-state index contributed by atoms with van der Waals surface area (Å²) < 4.78 is 39.7. The van der Waals surface area contributed by atoms with Crippen molar-refractivity contribution in [3.05, 3.63) is 65.1 Å². The first kappa shape index (κ1) is 19.0. The molecule has 0 bridgehead atoms. The summed E-state index contributed by atoms with van der Waals surface area (Å²) in [5, 5.41) is 3.31. The minimum atomic E-state index is -1.59. The molecule has 1 saturated heterocycles. The number of nitrogens with zero attached hydrogens (tertiary/aromatic N) is 1. The molecule has 2 N–H and O–H groups in total. The first-order valence-corrected chi connectivity index (χ1v) is 9.16. The SMILES string of the molecule is Cc1ccc2cc(C(=O)N3CC[C@H](C(=O)Nc4cc(F)c(F)c(F)c4)C3)[nH]c2c1. The van der Waals surface area contributed by atoms with Crippen molar-refractivity contribution in [3.63, 3.8) is 0 Å². The topological polar surface area (TPSA) is 65.2 Å². The van der Waals surface area contributed by atoms with Gasteiger partial charge in [-0.3, -0.25) is 9.59 Å². The molecule has 0 saturated carbocycles. The van der Waals surface area contributed by atoms with Gasteiger partial charge in [0.15, 0.2) is 17.5 Å². The maximum Gasteiger partial charge on any atom is 0.270 e. The van der Waals surface area contributed by atoms with E-state index in [0.29, 0.717) is 18.7 Å². The number of fused-ring (bicyclic) bond motifs is 1. The highest BCUT2D eigenvalue weighted by Gasteiger charge is 2.32. The van der Waals surface area contributed by atoms with Gasteiger partial charge in [0.25, 0.3) is 5.91 Å². The van der Waals surface area contributed by atoms with Crippen molar-refractivity contribution < 1.29 is 22.8 Å². The molecule has 2 heterocycles. The minimum Gasteiger partial charge on any atom is -0.351 e. The molecule has 0 unspecified atom stereocenters. The van der Waals surface area contributed by atoms with Gasteiger partial charge < -0.3 is 15.2 Å². The van der Waals surface area contributed by atoms with Crippen LogP contribution in [-0.4, -0.2) is 34.8 Å². The van der Waals surface area contributed by atoms with E-state index in [9.17, 15) is 22.8 Å². The van der Waals surface area contributed by atoms with Gasteiger partial charge >= 0.3 is 0 Å². The Kier molecular flexibility index (Phi) is 4.77. The Hall–Kier alpha value is -3.29. The van der Waals surface area contributed by atoms with E-state index in [1.807, 2.05) is 25.1 Å². The van der Waals surface area contributed by atoms with Crippen LogP contribution in [0.1, 0.15) is 22.5 Å². The Morgan fingerprint density at radius 3 is 2.55 bits per heavy atom. The lowest BCUT2D eigenvalue weighted by Gasteiger charge is -2.15. The quantitative estimate of drug-likeness (QED) is 0.652. The maximum absolute atomic E-state index is 13.3. The zero-order valence-corrected chi connectivity index (χ0v) is 15.6. The van der Waals surface area contributed by atoms with Crippen LogP contribution in [0.15, 0.2) is 36.4 Å². The van der Waals surface area contributed by atoms with E-state index >= 15 is 0 Å². The van der Waals surface area contributed by atoms with Crippen molar-refractivity contribution in [2.24, 2.45) is 5.92 Å². The molecule has 1 aliphatic rings. The first-order chi connectivity index (χ1) is 13.8. The number of halogens is 3. The molecule has 1 aliphatic heterocycles. The van der Waals surface area contributed by atoms with Crippen LogP contribution in [-0.2, 0) is 4.79 Å². The predicted octanol–water partition coefficient (Wildman–Crippen LogP) is 3.99. The van der Waals surface area contributed by atoms with Gasteiger partial charge in [-0.05, 0) is 31.0 Å². The number of H-pyrrole nitrogens is 1. The van der Waals surface area contributed by atoms with Crippen LogP contribution in [0.25, 0.3) is 10.9 Å². The fourth-order valence-electron chi connectivity index (χ4n) is 3.56. The lowest BCUT2D eigenvalue weighted by atomic mass is 10.1. The fraction of sp³-hybridized carbons (Fsp3) is 0.238. The van der Waals surface area contributed by atoms with Crippen molar-refractivity contribution >= 4 is 28.4 Å². The van der Waals surface area contributed by atoms with Crippen molar-refractivity contribution in [1.29, 1.82) is 0 Å². The Morgan fingerprint density at radius 2 is 1.83 bits per heavy atom. The molecule has 4 rings (SSSR count). The number of aromatic nitrogens is 1. The molecule has 5 nitrogen and oxygen atoms in total. The van der Waals surface area contributed by atoms with Gasteiger partial charge in [-0.2, -0.15) is 0 Å². The molecular formula is C21H18F3N3O2. The van der Waals surface area contributed by atoms with Crippen LogP contribution >= 0.6 is 0 Å². The van der Waals surface area contributed by atoms with Crippen molar-refractivity contribution in [2.75, 3.05) is 18.4 Å². The number of benzene rings is 2. The molecule has 1 aromatic heterocycles. The Labute approximate surface area is 164 Å². The molecule has 8 heteroatoms. The number of anilines is 1. The Morgan fingerprint density at radius 1 is 1.10 bits per heavy atom. The van der Waals surface area contributed by atoms with E-state index in [0.717, 1.165) is 28.6 Å². The summed E-state index contributed by atoms with van der Waals surface area (Å²) >= 11 is 0. The van der Waals surface area contributed by atoms with Crippen LogP contribution in [0, 0.1) is 30.3 Å². The minimum absolute atomic E-state index is 0.165. The van der Waals surface area contributed by atoms with Gasteiger partial charge in [0.2, 0.25) is 5.91 Å². The smallest absolute Gasteiger partial charge is 0.270 e. The molecule has 0 aliphatic carbocycles. The van der Waals surface area contributed by atoms with Crippen LogP contribution in [0.4, 0.5) is 18.9 Å². The second kappa shape index (κ2) is 7.27. The highest BCUT2D eigenvalue weighted by atomic mass is 19.2. The second-order valence-electron chi connectivity index (χ2n) is 7.25. The second-order valence-corrected chi connectivity index (χ2v) is 7.25. The molecule has 2 aromatic carbocycles. The van der Waals surface area contributed by atoms with Gasteiger partial charge in [0, 0.05) is 41.8 Å². The summed E-state index contributed by atoms with van der Waals surface area (Å²) in [5.41, 5.74) is 2.21. The maximum atomic E-state index is 13.3. The molecule has 0 spiro atoms. The van der Waals surface area contributed by atoms with Crippen LogP contribution in [0.3, 0.4) is 0 Å². The van der Waals surface area contributed by atoms with E-state index < -0.39 is 29.3 Å². The van der Waals surface area contributed by atoms with Gasteiger partial charge in [-0.1, -0.05) is 12.1 Å². The van der Waals surface area contributed by atoms with Crippen LogP contribution in [0.2, 0.25) is 0 Å². The summed E-state index contributed by atoms with van der Waals surface area (Å²) in [5.74, 6) is -5.56. The Bertz CT molecular complexity index is 1100. The molecule has 2 amide bonds. The van der Waals surface area contributed by atoms with E-state index in [2.05, 4.69) is 10.3 Å². The molecule has 3 aromatic rings. The van der Waals surface area contributed by atoms with Crippen LogP contribution < -0.4 is 5.32 Å².